The minimum atomic E-state index is -0.921. The Morgan fingerprint density at radius 3 is 1.54 bits per heavy atom. The van der Waals surface area contributed by atoms with Crippen LogP contribution in [-0.2, 0) is 44.7 Å². The van der Waals surface area contributed by atoms with E-state index in [1.54, 1.807) is 50.2 Å². The third-order valence-electron chi connectivity index (χ3n) is 16.2. The van der Waals surface area contributed by atoms with Crippen LogP contribution in [0.5, 0.6) is 29.1 Å². The molecule has 0 radical (unpaired) electrons. The smallest absolute Gasteiger partial charge is 0.313 e. The molecule has 0 aromatic carbocycles. The Morgan fingerprint density at radius 2 is 1.08 bits per heavy atom. The molecule has 2 aliphatic carbocycles. The molecular weight excluding hydrogens is 1080 g/mol. The standard InChI is InChI=1S/C29H32FN5O6.C21H26FN3O4.C8H8N2O3/c1-3-39-27(37)18(24-19(30)14-31-20-5-7-23(38-2)35-25(20)24)12-29-10-8-28(9-11-29,16-41-29)32-13-17-4-6-21-26(33-17)34-22(36)15-40-21;1-3-28-19(26)13(10-21-8-6-20(23,7-9-21)12-29-21)17-14(22)11-24-15-4-5-16(27-2)25-18(15)17;1-12-7-3-2-5-8(10-7)9-6(11)4-13-5/h4-7,14,18,32H,3,8-13,15-16H2,1-2H3,(H,33,34,36);4-5,11,13H,3,6-10,12,23H2,1-2H3;2-3H,4H2,1H3,(H,9,10,11). The number of carbonyl (C=O) groups excluding carboxylic acids is 4. The molecule has 440 valence electrons. The van der Waals surface area contributed by atoms with Crippen LogP contribution in [0.3, 0.4) is 0 Å². The van der Waals surface area contributed by atoms with Gasteiger partial charge in [-0.15, -0.1) is 0 Å². The molecule has 25 heteroatoms. The number of amides is 2. The number of carbonyl (C=O) groups is 4. The Bertz CT molecular complexity index is 3380. The lowest BCUT2D eigenvalue weighted by atomic mass is 9.67. The highest BCUT2D eigenvalue weighted by Crippen LogP contribution is 2.50. The third kappa shape index (κ3) is 12.7. The predicted molar refractivity (Wildman–Crippen MR) is 294 cm³/mol. The van der Waals surface area contributed by atoms with Crippen molar-refractivity contribution in [2.24, 2.45) is 5.73 Å². The number of fused-ring (bicyclic) bond motifs is 10. The summed E-state index contributed by atoms with van der Waals surface area (Å²) in [6.45, 7) is 5.25. The average molecular weight is 1150 g/mol. The summed E-state index contributed by atoms with van der Waals surface area (Å²) in [7, 11) is 4.48. The van der Waals surface area contributed by atoms with Crippen LogP contribution in [0.25, 0.3) is 22.1 Å². The zero-order chi connectivity index (χ0) is 58.5. The van der Waals surface area contributed by atoms with Gasteiger partial charge in [-0.2, -0.15) is 4.98 Å². The highest BCUT2D eigenvalue weighted by atomic mass is 19.1. The van der Waals surface area contributed by atoms with Crippen LogP contribution in [0.2, 0.25) is 0 Å². The molecule has 6 fully saturated rings. The number of nitrogens with zero attached hydrogens (tertiary/aromatic N) is 6. The van der Waals surface area contributed by atoms with Crippen molar-refractivity contribution in [3.05, 3.63) is 89.4 Å². The van der Waals surface area contributed by atoms with Gasteiger partial charge in [0.2, 0.25) is 17.6 Å². The Hall–Kier alpha value is -8.00. The summed E-state index contributed by atoms with van der Waals surface area (Å²) in [5.41, 5.74) is 7.32. The van der Waals surface area contributed by atoms with Crippen LogP contribution in [0.15, 0.2) is 60.9 Å². The number of pyridine rings is 6. The van der Waals surface area contributed by atoms with Crippen molar-refractivity contribution in [2.75, 3.05) is 71.6 Å². The quantitative estimate of drug-likeness (QED) is 0.0734. The largest absolute Gasteiger partial charge is 0.481 e. The SMILES string of the molecule is CCOC(=O)C(CC12CCC(N)(CC1)CO2)c1c(F)cnc2ccc(OC)nc12.CCOC(=O)C(CC12CCC(NCc3ccc4c(n3)NC(=O)CO4)(CC1)CO2)c1c(F)cnc2ccc(OC)nc12.COc1ccc2c(n1)NC(=O)CO2. The maximum atomic E-state index is 15.4. The minimum Gasteiger partial charge on any atom is -0.481 e. The van der Waals surface area contributed by atoms with Gasteiger partial charge in [0.25, 0.3) is 11.8 Å². The third-order valence-corrected chi connectivity index (χ3v) is 16.2. The summed E-state index contributed by atoms with van der Waals surface area (Å²) in [6.07, 6.45) is 8.99. The number of hydrogen-bond acceptors (Lipinski definition) is 21. The molecule has 12 heterocycles. The van der Waals surface area contributed by atoms with E-state index in [2.05, 4.69) is 45.9 Å². The van der Waals surface area contributed by atoms with E-state index in [4.69, 9.17) is 48.4 Å². The first-order valence-electron chi connectivity index (χ1n) is 27.5. The summed E-state index contributed by atoms with van der Waals surface area (Å²) in [5, 5.41) is 8.94. The molecule has 4 saturated heterocycles. The molecule has 14 rings (SSSR count). The van der Waals surface area contributed by atoms with E-state index in [-0.39, 0.29) is 72.4 Å². The molecule has 2 amide bonds. The van der Waals surface area contributed by atoms with Gasteiger partial charge in [0.05, 0.1) is 111 Å². The number of ether oxygens (including phenoxy) is 9. The van der Waals surface area contributed by atoms with Crippen molar-refractivity contribution in [2.45, 2.75) is 119 Å². The number of nitrogens with one attached hydrogen (secondary N) is 3. The normalized spacial score (nSPS) is 23.4. The van der Waals surface area contributed by atoms with E-state index >= 15 is 8.78 Å². The first kappa shape index (κ1) is 58.2. The fourth-order valence-corrected chi connectivity index (χ4v) is 11.6. The maximum absolute atomic E-state index is 15.4. The number of methoxy groups -OCH3 is 3. The van der Waals surface area contributed by atoms with E-state index in [1.165, 1.54) is 21.3 Å². The summed E-state index contributed by atoms with van der Waals surface area (Å²) in [6, 6.07) is 13.8. The Kier molecular flexibility index (Phi) is 17.1. The Labute approximate surface area is 476 Å². The summed E-state index contributed by atoms with van der Waals surface area (Å²) < 4.78 is 79.7. The van der Waals surface area contributed by atoms with Crippen LogP contribution < -0.4 is 45.4 Å². The van der Waals surface area contributed by atoms with Crippen LogP contribution in [-0.4, -0.2) is 137 Å². The summed E-state index contributed by atoms with van der Waals surface area (Å²) in [4.78, 5) is 74.5. The van der Waals surface area contributed by atoms with Gasteiger partial charge < -0.3 is 64.3 Å². The number of nitrogens with two attached hydrogens (primary N) is 1. The Balaban J connectivity index is 0.000000158. The zero-order valence-electron chi connectivity index (χ0n) is 46.8. The number of rotatable bonds is 16. The first-order chi connectivity index (χ1) is 40.0. The van der Waals surface area contributed by atoms with Crippen LogP contribution in [0.1, 0.15) is 107 Å². The minimum absolute atomic E-state index is 0.0137. The van der Waals surface area contributed by atoms with Crippen molar-refractivity contribution in [3.63, 3.8) is 0 Å². The predicted octanol–water partition coefficient (Wildman–Crippen LogP) is 6.69. The number of anilines is 2. The molecule has 6 aromatic heterocycles. The van der Waals surface area contributed by atoms with E-state index in [0.29, 0.717) is 96.3 Å². The summed E-state index contributed by atoms with van der Waals surface area (Å²) in [5.74, 6) is -1.38. The molecular formula is C58H66F2N10O13. The lowest BCUT2D eigenvalue weighted by molar-refractivity contribution is -0.174. The van der Waals surface area contributed by atoms with Crippen LogP contribution in [0.4, 0.5) is 20.4 Å². The lowest BCUT2D eigenvalue weighted by Crippen LogP contribution is -2.61. The number of aromatic nitrogens is 6. The fraction of sp³-hybridized carbons (Fsp3) is 0.483. The monoisotopic (exact) mass is 1150 g/mol. The molecule has 23 nitrogen and oxygen atoms in total. The molecule has 2 unspecified atom stereocenters. The van der Waals surface area contributed by atoms with Crippen molar-refractivity contribution in [1.82, 2.24) is 35.2 Å². The van der Waals surface area contributed by atoms with Crippen molar-refractivity contribution in [3.8, 4) is 29.1 Å². The molecule has 0 spiro atoms. The highest BCUT2D eigenvalue weighted by molar-refractivity contribution is 5.95. The molecule has 6 aromatic rings. The second-order valence-corrected chi connectivity index (χ2v) is 21.5. The van der Waals surface area contributed by atoms with Crippen LogP contribution in [0, 0.1) is 11.6 Å². The van der Waals surface area contributed by atoms with Gasteiger partial charge in [-0.1, -0.05) is 0 Å². The van der Waals surface area contributed by atoms with Gasteiger partial charge in [-0.05, 0) is 108 Å². The maximum Gasteiger partial charge on any atom is 0.313 e. The van der Waals surface area contributed by atoms with Gasteiger partial charge in [-0.3, -0.25) is 29.1 Å². The molecule has 5 N–H and O–H groups in total. The second-order valence-electron chi connectivity index (χ2n) is 21.5. The first-order valence-corrected chi connectivity index (χ1v) is 27.5. The second kappa shape index (κ2) is 24.4. The van der Waals surface area contributed by atoms with Gasteiger partial charge >= 0.3 is 11.9 Å². The fourth-order valence-electron chi connectivity index (χ4n) is 11.6. The molecule has 2 saturated carbocycles. The van der Waals surface area contributed by atoms with E-state index < -0.39 is 46.6 Å². The van der Waals surface area contributed by atoms with Gasteiger partial charge in [0.15, 0.2) is 36.3 Å². The number of hydrogen-bond donors (Lipinski definition) is 4. The molecule has 4 bridgehead atoms. The van der Waals surface area contributed by atoms with E-state index in [1.807, 2.05) is 12.1 Å². The molecule has 8 aliphatic rings. The summed E-state index contributed by atoms with van der Waals surface area (Å²) >= 11 is 0. The van der Waals surface area contributed by atoms with E-state index in [9.17, 15) is 19.2 Å². The van der Waals surface area contributed by atoms with Crippen LogP contribution >= 0.6 is 0 Å². The number of halogens is 2. The molecule has 2 atom stereocenters. The molecule has 83 heavy (non-hydrogen) atoms. The zero-order valence-corrected chi connectivity index (χ0v) is 46.8. The van der Waals surface area contributed by atoms with Gasteiger partial charge in [-0.25, -0.2) is 23.7 Å². The Morgan fingerprint density at radius 1 is 0.627 bits per heavy atom. The van der Waals surface area contributed by atoms with Crippen molar-refractivity contribution >= 4 is 57.5 Å². The van der Waals surface area contributed by atoms with Crippen molar-refractivity contribution < 1.29 is 70.6 Å². The average Bonchev–Trinajstić information content (AvgIpc) is 3.56. The molecule has 6 aliphatic heterocycles. The highest BCUT2D eigenvalue weighted by Gasteiger charge is 2.53. The van der Waals surface area contributed by atoms with Crippen molar-refractivity contribution in [1.29, 1.82) is 0 Å². The number of esters is 2. The lowest BCUT2D eigenvalue weighted by Gasteiger charge is -2.54. The topological polar surface area (TPSA) is 291 Å². The van der Waals surface area contributed by atoms with E-state index in [0.717, 1.165) is 56.6 Å². The van der Waals surface area contributed by atoms with Gasteiger partial charge in [0, 0.05) is 46.9 Å². The van der Waals surface area contributed by atoms with Gasteiger partial charge in [0.1, 0.15) is 11.6 Å².